The first-order valence-corrected chi connectivity index (χ1v) is 7.03. The van der Waals surface area contributed by atoms with Crippen molar-refractivity contribution in [3.8, 4) is 0 Å². The minimum Gasteiger partial charge on any atom is -0.494 e. The van der Waals surface area contributed by atoms with E-state index in [9.17, 15) is 0 Å². The SMILES string of the molecule is CCOC1=CC(C)(N(C)C)C=C1CCC1OCCO1. The molecule has 2 rings (SSSR count). The lowest BCUT2D eigenvalue weighted by atomic mass is 10.0. The molecular formula is C15H25NO3. The summed E-state index contributed by atoms with van der Waals surface area (Å²) in [7, 11) is 4.17. The number of allylic oxidation sites excluding steroid dienone is 1. The summed E-state index contributed by atoms with van der Waals surface area (Å²) in [4.78, 5) is 2.20. The van der Waals surface area contributed by atoms with Crippen LogP contribution >= 0.6 is 0 Å². The second-order valence-electron chi connectivity index (χ2n) is 5.44. The van der Waals surface area contributed by atoms with Gasteiger partial charge in [-0.2, -0.15) is 0 Å². The molecule has 0 aromatic carbocycles. The number of likely N-dealkylation sites (N-methyl/N-ethyl adjacent to an activating group) is 1. The van der Waals surface area contributed by atoms with Crippen molar-refractivity contribution in [2.24, 2.45) is 0 Å². The Morgan fingerprint density at radius 1 is 1.32 bits per heavy atom. The van der Waals surface area contributed by atoms with Gasteiger partial charge < -0.3 is 14.2 Å². The smallest absolute Gasteiger partial charge is 0.158 e. The molecule has 0 amide bonds. The summed E-state index contributed by atoms with van der Waals surface area (Å²) in [5.41, 5.74) is 1.20. The first-order chi connectivity index (χ1) is 9.05. The van der Waals surface area contributed by atoms with Gasteiger partial charge in [-0.1, -0.05) is 6.08 Å². The van der Waals surface area contributed by atoms with Crippen LogP contribution in [0.2, 0.25) is 0 Å². The summed E-state index contributed by atoms with van der Waals surface area (Å²) in [6.07, 6.45) is 6.25. The second kappa shape index (κ2) is 6.07. The molecule has 0 saturated carbocycles. The standard InChI is InChI=1S/C15H25NO3/c1-5-17-13-11-15(2,16(3)4)10-12(13)6-7-14-18-8-9-19-14/h10-11,14H,5-9H2,1-4H3. The summed E-state index contributed by atoms with van der Waals surface area (Å²) in [6, 6.07) is 0. The van der Waals surface area contributed by atoms with Gasteiger partial charge in [0.1, 0.15) is 5.76 Å². The maximum Gasteiger partial charge on any atom is 0.158 e. The molecule has 1 fully saturated rings. The third-order valence-corrected chi connectivity index (χ3v) is 3.81. The van der Waals surface area contributed by atoms with Crippen LogP contribution in [0.25, 0.3) is 0 Å². The number of hydrogen-bond acceptors (Lipinski definition) is 4. The van der Waals surface area contributed by atoms with Crippen LogP contribution in [0.15, 0.2) is 23.5 Å². The molecule has 0 bridgehead atoms. The highest BCUT2D eigenvalue weighted by Gasteiger charge is 2.31. The summed E-state index contributed by atoms with van der Waals surface area (Å²) < 4.78 is 16.7. The molecule has 0 radical (unpaired) electrons. The van der Waals surface area contributed by atoms with E-state index in [2.05, 4.69) is 38.1 Å². The fourth-order valence-electron chi connectivity index (χ4n) is 2.41. The van der Waals surface area contributed by atoms with Crippen molar-refractivity contribution in [1.82, 2.24) is 4.90 Å². The molecular weight excluding hydrogens is 242 g/mol. The van der Waals surface area contributed by atoms with E-state index in [0.717, 1.165) is 18.6 Å². The lowest BCUT2D eigenvalue weighted by Gasteiger charge is -2.28. The van der Waals surface area contributed by atoms with E-state index in [1.807, 2.05) is 6.92 Å². The molecule has 19 heavy (non-hydrogen) atoms. The van der Waals surface area contributed by atoms with Crippen LogP contribution < -0.4 is 0 Å². The van der Waals surface area contributed by atoms with Crippen LogP contribution in [0.3, 0.4) is 0 Å². The monoisotopic (exact) mass is 267 g/mol. The molecule has 1 saturated heterocycles. The second-order valence-corrected chi connectivity index (χ2v) is 5.44. The Hall–Kier alpha value is -0.840. The van der Waals surface area contributed by atoms with E-state index < -0.39 is 0 Å². The predicted molar refractivity (Wildman–Crippen MR) is 74.8 cm³/mol. The van der Waals surface area contributed by atoms with Gasteiger partial charge in [-0.15, -0.1) is 0 Å². The summed E-state index contributed by atoms with van der Waals surface area (Å²) >= 11 is 0. The van der Waals surface area contributed by atoms with Crippen LogP contribution in [-0.4, -0.2) is 50.6 Å². The Kier molecular flexibility index (Phi) is 4.66. The molecule has 0 aromatic heterocycles. The van der Waals surface area contributed by atoms with Gasteiger partial charge in [0, 0.05) is 6.42 Å². The Balaban J connectivity index is 2.01. The Morgan fingerprint density at radius 3 is 2.58 bits per heavy atom. The molecule has 1 aliphatic heterocycles. The summed E-state index contributed by atoms with van der Waals surface area (Å²) in [5, 5.41) is 0. The highest BCUT2D eigenvalue weighted by Crippen LogP contribution is 2.34. The van der Waals surface area contributed by atoms with Crippen LogP contribution in [0.4, 0.5) is 0 Å². The molecule has 1 atom stereocenters. The van der Waals surface area contributed by atoms with Crippen LogP contribution in [0.5, 0.6) is 0 Å². The van der Waals surface area contributed by atoms with Crippen LogP contribution in [0.1, 0.15) is 26.7 Å². The Morgan fingerprint density at radius 2 is 2.00 bits per heavy atom. The average Bonchev–Trinajstić information content (AvgIpc) is 2.96. The molecule has 1 heterocycles. The van der Waals surface area contributed by atoms with E-state index >= 15 is 0 Å². The van der Waals surface area contributed by atoms with Crippen molar-refractivity contribution in [1.29, 1.82) is 0 Å². The molecule has 4 nitrogen and oxygen atoms in total. The van der Waals surface area contributed by atoms with E-state index in [0.29, 0.717) is 19.8 Å². The van der Waals surface area contributed by atoms with Gasteiger partial charge in [0.15, 0.2) is 6.29 Å². The normalized spacial score (nSPS) is 27.8. The Labute approximate surface area is 116 Å². The van der Waals surface area contributed by atoms with Gasteiger partial charge in [0.25, 0.3) is 0 Å². The molecule has 0 aromatic rings. The van der Waals surface area contributed by atoms with Crippen molar-refractivity contribution in [2.75, 3.05) is 33.9 Å². The molecule has 2 aliphatic rings. The number of rotatable bonds is 6. The van der Waals surface area contributed by atoms with Gasteiger partial charge in [-0.25, -0.2) is 0 Å². The first-order valence-electron chi connectivity index (χ1n) is 7.03. The molecule has 0 spiro atoms. The topological polar surface area (TPSA) is 30.9 Å². The zero-order valence-corrected chi connectivity index (χ0v) is 12.4. The molecule has 1 unspecified atom stereocenters. The number of nitrogens with zero attached hydrogens (tertiary/aromatic N) is 1. The summed E-state index contributed by atoms with van der Waals surface area (Å²) in [5.74, 6) is 1.01. The van der Waals surface area contributed by atoms with Gasteiger partial charge >= 0.3 is 0 Å². The maximum absolute atomic E-state index is 5.76. The molecule has 1 aliphatic carbocycles. The highest BCUT2D eigenvalue weighted by atomic mass is 16.7. The Bertz CT molecular complexity index is 370. The number of hydrogen-bond donors (Lipinski definition) is 0. The lowest BCUT2D eigenvalue weighted by molar-refractivity contribution is -0.0462. The molecule has 108 valence electrons. The van der Waals surface area contributed by atoms with Crippen molar-refractivity contribution in [3.63, 3.8) is 0 Å². The van der Waals surface area contributed by atoms with E-state index in [1.54, 1.807) is 0 Å². The minimum atomic E-state index is -0.0583. The first kappa shape index (κ1) is 14.6. The largest absolute Gasteiger partial charge is 0.494 e. The fraction of sp³-hybridized carbons (Fsp3) is 0.733. The molecule has 0 N–H and O–H groups in total. The van der Waals surface area contributed by atoms with Gasteiger partial charge in [-0.3, -0.25) is 4.90 Å². The quantitative estimate of drug-likeness (QED) is 0.739. The van der Waals surface area contributed by atoms with Crippen LogP contribution in [-0.2, 0) is 14.2 Å². The zero-order chi connectivity index (χ0) is 13.9. The van der Waals surface area contributed by atoms with Gasteiger partial charge in [0.05, 0.1) is 25.4 Å². The van der Waals surface area contributed by atoms with Gasteiger partial charge in [-0.05, 0) is 46.0 Å². The van der Waals surface area contributed by atoms with Gasteiger partial charge in [0.2, 0.25) is 0 Å². The average molecular weight is 267 g/mol. The van der Waals surface area contributed by atoms with E-state index in [1.165, 1.54) is 5.57 Å². The third-order valence-electron chi connectivity index (χ3n) is 3.81. The number of ether oxygens (including phenoxy) is 3. The predicted octanol–water partition coefficient (Wildman–Crippen LogP) is 2.32. The fourth-order valence-corrected chi connectivity index (χ4v) is 2.41. The maximum atomic E-state index is 5.76. The van der Waals surface area contributed by atoms with E-state index in [-0.39, 0.29) is 11.8 Å². The minimum absolute atomic E-state index is 0.0463. The summed E-state index contributed by atoms with van der Waals surface area (Å²) in [6.45, 7) is 6.35. The van der Waals surface area contributed by atoms with Crippen molar-refractivity contribution < 1.29 is 14.2 Å². The van der Waals surface area contributed by atoms with Crippen molar-refractivity contribution >= 4 is 0 Å². The zero-order valence-electron chi connectivity index (χ0n) is 12.4. The van der Waals surface area contributed by atoms with Crippen molar-refractivity contribution in [3.05, 3.63) is 23.5 Å². The van der Waals surface area contributed by atoms with Crippen molar-refractivity contribution in [2.45, 2.75) is 38.5 Å². The van der Waals surface area contributed by atoms with Crippen LogP contribution in [0, 0.1) is 0 Å². The lowest BCUT2D eigenvalue weighted by Crippen LogP contribution is -2.36. The van der Waals surface area contributed by atoms with E-state index in [4.69, 9.17) is 14.2 Å². The highest BCUT2D eigenvalue weighted by molar-refractivity contribution is 5.41. The third kappa shape index (κ3) is 3.38. The molecule has 4 heteroatoms.